The van der Waals surface area contributed by atoms with Crippen molar-refractivity contribution in [3.8, 4) is 0 Å². The Bertz CT molecular complexity index is 567. The fraction of sp³-hybridized carbons (Fsp3) is 0.500. The Morgan fingerprint density at radius 2 is 1.96 bits per heavy atom. The van der Waals surface area contributed by atoms with Gasteiger partial charge in [-0.15, -0.1) is 0 Å². The Labute approximate surface area is 137 Å². The third kappa shape index (κ3) is 5.51. The number of nitrogens with zero attached hydrogens (tertiary/aromatic N) is 2. The SMILES string of the molecule is CC(C)CCNC(=O)CCC(=O)N1CCC(c2ccccc2)=N1. The van der Waals surface area contributed by atoms with Crippen molar-refractivity contribution >= 4 is 17.5 Å². The Balaban J connectivity index is 1.76. The van der Waals surface area contributed by atoms with Crippen LogP contribution in [0.4, 0.5) is 0 Å². The van der Waals surface area contributed by atoms with Gasteiger partial charge in [0, 0.05) is 25.8 Å². The minimum atomic E-state index is -0.0880. The second kappa shape index (κ2) is 8.46. The first-order chi connectivity index (χ1) is 11.1. The largest absolute Gasteiger partial charge is 0.356 e. The van der Waals surface area contributed by atoms with Gasteiger partial charge in [0.25, 0.3) is 0 Å². The van der Waals surface area contributed by atoms with Gasteiger partial charge in [-0.2, -0.15) is 5.10 Å². The number of benzene rings is 1. The average molecular weight is 315 g/mol. The van der Waals surface area contributed by atoms with E-state index in [1.54, 1.807) is 0 Å². The molecule has 0 spiro atoms. The number of carbonyl (C=O) groups excluding carboxylic acids is 2. The fourth-order valence-electron chi connectivity index (χ4n) is 2.41. The van der Waals surface area contributed by atoms with E-state index in [-0.39, 0.29) is 24.7 Å². The summed E-state index contributed by atoms with van der Waals surface area (Å²) in [6, 6.07) is 9.87. The lowest BCUT2D eigenvalue weighted by molar-refractivity contribution is -0.133. The molecule has 0 fully saturated rings. The highest BCUT2D eigenvalue weighted by molar-refractivity contribution is 6.02. The van der Waals surface area contributed by atoms with Crippen molar-refractivity contribution in [2.24, 2.45) is 11.0 Å². The van der Waals surface area contributed by atoms with Crippen LogP contribution in [-0.2, 0) is 9.59 Å². The molecule has 0 aliphatic carbocycles. The maximum Gasteiger partial charge on any atom is 0.243 e. The molecule has 1 heterocycles. The average Bonchev–Trinajstić information content (AvgIpc) is 3.03. The van der Waals surface area contributed by atoms with Gasteiger partial charge in [-0.25, -0.2) is 5.01 Å². The van der Waals surface area contributed by atoms with Crippen molar-refractivity contribution in [3.05, 3.63) is 35.9 Å². The number of hydrogen-bond donors (Lipinski definition) is 1. The van der Waals surface area contributed by atoms with Crippen molar-refractivity contribution in [2.75, 3.05) is 13.1 Å². The highest BCUT2D eigenvalue weighted by atomic mass is 16.2. The topological polar surface area (TPSA) is 61.8 Å². The molecule has 1 aromatic carbocycles. The lowest BCUT2D eigenvalue weighted by Crippen LogP contribution is -2.28. The molecule has 0 radical (unpaired) electrons. The van der Waals surface area contributed by atoms with E-state index in [2.05, 4.69) is 24.3 Å². The van der Waals surface area contributed by atoms with Crippen LogP contribution in [0.25, 0.3) is 0 Å². The molecule has 2 amide bonds. The van der Waals surface area contributed by atoms with Gasteiger partial charge in [0.05, 0.1) is 12.3 Å². The molecule has 5 nitrogen and oxygen atoms in total. The number of rotatable bonds is 7. The Morgan fingerprint density at radius 3 is 2.65 bits per heavy atom. The van der Waals surface area contributed by atoms with Crippen LogP contribution in [0, 0.1) is 5.92 Å². The van der Waals surface area contributed by atoms with Crippen LogP contribution in [0.5, 0.6) is 0 Å². The maximum atomic E-state index is 12.1. The smallest absolute Gasteiger partial charge is 0.243 e. The summed E-state index contributed by atoms with van der Waals surface area (Å²) < 4.78 is 0. The molecular formula is C18H25N3O2. The van der Waals surface area contributed by atoms with E-state index < -0.39 is 0 Å². The van der Waals surface area contributed by atoms with E-state index in [0.29, 0.717) is 19.0 Å². The molecule has 0 saturated carbocycles. The first kappa shape index (κ1) is 17.2. The number of hydrazone groups is 1. The molecule has 0 aromatic heterocycles. The molecule has 1 aromatic rings. The van der Waals surface area contributed by atoms with Gasteiger partial charge in [0.1, 0.15) is 0 Å². The first-order valence-corrected chi connectivity index (χ1v) is 8.26. The summed E-state index contributed by atoms with van der Waals surface area (Å²) in [5, 5.41) is 8.73. The molecule has 5 heteroatoms. The van der Waals surface area contributed by atoms with Crippen molar-refractivity contribution in [3.63, 3.8) is 0 Å². The summed E-state index contributed by atoms with van der Waals surface area (Å²) in [6.45, 7) is 5.50. The maximum absolute atomic E-state index is 12.1. The second-order valence-electron chi connectivity index (χ2n) is 6.21. The summed E-state index contributed by atoms with van der Waals surface area (Å²) in [6.07, 6.45) is 2.15. The highest BCUT2D eigenvalue weighted by Crippen LogP contribution is 2.14. The van der Waals surface area contributed by atoms with Gasteiger partial charge >= 0.3 is 0 Å². The van der Waals surface area contributed by atoms with Crippen molar-refractivity contribution < 1.29 is 9.59 Å². The van der Waals surface area contributed by atoms with Crippen LogP contribution >= 0.6 is 0 Å². The molecule has 0 atom stereocenters. The van der Waals surface area contributed by atoms with Gasteiger partial charge in [0.2, 0.25) is 11.8 Å². The summed E-state index contributed by atoms with van der Waals surface area (Å²) >= 11 is 0. The normalized spacial score (nSPS) is 14.0. The second-order valence-corrected chi connectivity index (χ2v) is 6.21. The predicted octanol–water partition coefficient (Wildman–Crippen LogP) is 2.57. The standard InChI is InChI=1S/C18H25N3O2/c1-14(2)10-12-19-17(22)8-9-18(23)21-13-11-16(20-21)15-6-4-3-5-7-15/h3-7,14H,8-13H2,1-2H3,(H,19,22). The van der Waals surface area contributed by atoms with E-state index in [1.165, 1.54) is 5.01 Å². The number of nitrogens with one attached hydrogen (secondary N) is 1. The van der Waals surface area contributed by atoms with E-state index in [9.17, 15) is 9.59 Å². The zero-order valence-corrected chi connectivity index (χ0v) is 13.9. The lowest BCUT2D eigenvalue weighted by Gasteiger charge is -2.11. The molecule has 1 aliphatic rings. The molecule has 0 saturated heterocycles. The third-order valence-corrected chi connectivity index (χ3v) is 3.81. The van der Waals surface area contributed by atoms with Crippen LogP contribution in [0.2, 0.25) is 0 Å². The van der Waals surface area contributed by atoms with Crippen molar-refractivity contribution in [1.82, 2.24) is 10.3 Å². The zero-order valence-electron chi connectivity index (χ0n) is 13.9. The van der Waals surface area contributed by atoms with Crippen molar-refractivity contribution in [1.29, 1.82) is 0 Å². The van der Waals surface area contributed by atoms with Gasteiger partial charge in [-0.1, -0.05) is 44.2 Å². The summed E-state index contributed by atoms with van der Waals surface area (Å²) in [5.41, 5.74) is 1.98. The number of carbonyl (C=O) groups is 2. The quantitative estimate of drug-likeness (QED) is 0.840. The number of amides is 2. The minimum Gasteiger partial charge on any atom is -0.356 e. The van der Waals surface area contributed by atoms with E-state index in [1.807, 2.05) is 30.3 Å². The predicted molar refractivity (Wildman–Crippen MR) is 91.0 cm³/mol. The van der Waals surface area contributed by atoms with Crippen LogP contribution in [-0.4, -0.2) is 35.6 Å². The zero-order chi connectivity index (χ0) is 16.7. The van der Waals surface area contributed by atoms with Gasteiger partial charge < -0.3 is 5.32 Å². The number of hydrogen-bond acceptors (Lipinski definition) is 3. The summed E-state index contributed by atoms with van der Waals surface area (Å²) in [7, 11) is 0. The van der Waals surface area contributed by atoms with Crippen LogP contribution in [0.1, 0.15) is 45.1 Å². The molecule has 23 heavy (non-hydrogen) atoms. The Morgan fingerprint density at radius 1 is 1.22 bits per heavy atom. The van der Waals surface area contributed by atoms with Gasteiger partial charge in [0.15, 0.2) is 0 Å². The molecular weight excluding hydrogens is 290 g/mol. The Kier molecular flexibility index (Phi) is 6.32. The van der Waals surface area contributed by atoms with Crippen LogP contribution < -0.4 is 5.32 Å². The van der Waals surface area contributed by atoms with E-state index in [4.69, 9.17) is 0 Å². The van der Waals surface area contributed by atoms with Gasteiger partial charge in [-0.3, -0.25) is 9.59 Å². The first-order valence-electron chi connectivity index (χ1n) is 8.26. The molecule has 0 bridgehead atoms. The monoisotopic (exact) mass is 315 g/mol. The molecule has 124 valence electrons. The molecule has 0 unspecified atom stereocenters. The van der Waals surface area contributed by atoms with E-state index >= 15 is 0 Å². The van der Waals surface area contributed by atoms with Crippen molar-refractivity contribution in [2.45, 2.75) is 39.5 Å². The van der Waals surface area contributed by atoms with Crippen LogP contribution in [0.3, 0.4) is 0 Å². The highest BCUT2D eigenvalue weighted by Gasteiger charge is 2.21. The molecule has 1 aliphatic heterocycles. The van der Waals surface area contributed by atoms with Gasteiger partial charge in [-0.05, 0) is 17.9 Å². The summed E-state index contributed by atoms with van der Waals surface area (Å²) in [5.74, 6) is 0.410. The molecule has 2 rings (SSSR count). The van der Waals surface area contributed by atoms with E-state index in [0.717, 1.165) is 24.1 Å². The fourth-order valence-corrected chi connectivity index (χ4v) is 2.41. The summed E-state index contributed by atoms with van der Waals surface area (Å²) in [4.78, 5) is 23.9. The third-order valence-electron chi connectivity index (χ3n) is 3.81. The lowest BCUT2D eigenvalue weighted by atomic mass is 10.1. The Hall–Kier alpha value is -2.17. The van der Waals surface area contributed by atoms with Crippen LogP contribution in [0.15, 0.2) is 35.4 Å². The molecule has 1 N–H and O–H groups in total. The minimum absolute atomic E-state index is 0.0644.